The Morgan fingerprint density at radius 2 is 2.00 bits per heavy atom. The molecule has 1 spiro atoms. The van der Waals surface area contributed by atoms with E-state index in [4.69, 9.17) is 9.47 Å². The van der Waals surface area contributed by atoms with Crippen LogP contribution in [0.5, 0.6) is 0 Å². The smallest absolute Gasteiger partial charge is 0.413 e. The molecule has 4 nitrogen and oxygen atoms in total. The summed E-state index contributed by atoms with van der Waals surface area (Å²) in [4.78, 5) is 13.5. The summed E-state index contributed by atoms with van der Waals surface area (Å²) in [5.74, 6) is -1.59. The Bertz CT molecular complexity index is 587. The molecule has 2 atom stereocenters. The summed E-state index contributed by atoms with van der Waals surface area (Å²) < 4.78 is 47.9. The molecule has 2 heterocycles. The number of halogens is 3. The van der Waals surface area contributed by atoms with Gasteiger partial charge in [0.25, 0.3) is 0 Å². The first-order valence-corrected chi connectivity index (χ1v) is 6.84. The molecule has 7 heteroatoms. The molecule has 1 fully saturated rings. The van der Waals surface area contributed by atoms with Gasteiger partial charge in [0, 0.05) is 19.5 Å². The molecule has 3 rings (SSSR count). The van der Waals surface area contributed by atoms with E-state index < -0.39 is 24.2 Å². The van der Waals surface area contributed by atoms with Crippen LogP contribution in [-0.2, 0) is 16.0 Å². The number of nitrogens with zero attached hydrogens (tertiary/aromatic N) is 1. The van der Waals surface area contributed by atoms with Gasteiger partial charge in [-0.05, 0) is 17.7 Å². The Morgan fingerprint density at radius 3 is 2.59 bits per heavy atom. The summed E-state index contributed by atoms with van der Waals surface area (Å²) in [7, 11) is 0. The van der Waals surface area contributed by atoms with Gasteiger partial charge in [0.05, 0.1) is 0 Å². The zero-order valence-corrected chi connectivity index (χ0v) is 11.5. The van der Waals surface area contributed by atoms with Gasteiger partial charge in [-0.25, -0.2) is 4.79 Å². The molecule has 1 aromatic carbocycles. The van der Waals surface area contributed by atoms with Gasteiger partial charge in [-0.15, -0.1) is 0 Å². The van der Waals surface area contributed by atoms with Crippen LogP contribution in [0.1, 0.15) is 12.0 Å². The first kappa shape index (κ1) is 14.9. The second-order valence-electron chi connectivity index (χ2n) is 5.28. The predicted molar refractivity (Wildman–Crippen MR) is 70.7 cm³/mol. The second-order valence-corrected chi connectivity index (χ2v) is 5.28. The zero-order chi connectivity index (χ0) is 15.8. The summed E-state index contributed by atoms with van der Waals surface area (Å²) in [5.41, 5.74) is 0.923. The number of hydrogen-bond donors (Lipinski definition) is 0. The van der Waals surface area contributed by atoms with Crippen LogP contribution in [0.25, 0.3) is 0 Å². The molecule has 0 saturated carbocycles. The minimum atomic E-state index is -4.51. The molecule has 0 N–H and O–H groups in total. The van der Waals surface area contributed by atoms with Crippen LogP contribution in [0.15, 0.2) is 42.5 Å². The van der Waals surface area contributed by atoms with E-state index in [1.807, 2.05) is 30.3 Å². The zero-order valence-electron chi connectivity index (χ0n) is 11.5. The van der Waals surface area contributed by atoms with Crippen molar-refractivity contribution in [2.45, 2.75) is 31.0 Å². The fraction of sp³-hybridized carbons (Fsp3) is 0.400. The van der Waals surface area contributed by atoms with Crippen LogP contribution < -0.4 is 0 Å². The number of amides is 1. The highest BCUT2D eigenvalue weighted by Gasteiger charge is 2.52. The third kappa shape index (κ3) is 2.94. The molecular weight excluding hydrogens is 299 g/mol. The van der Waals surface area contributed by atoms with Crippen molar-refractivity contribution in [3.05, 3.63) is 48.0 Å². The maximum absolute atomic E-state index is 12.6. The van der Waals surface area contributed by atoms with Crippen LogP contribution in [-0.4, -0.2) is 35.6 Å². The van der Waals surface area contributed by atoms with Gasteiger partial charge in [0.1, 0.15) is 0 Å². The second kappa shape index (κ2) is 5.31. The van der Waals surface area contributed by atoms with Gasteiger partial charge in [-0.1, -0.05) is 30.3 Å². The van der Waals surface area contributed by atoms with Crippen molar-refractivity contribution in [3.63, 3.8) is 0 Å². The van der Waals surface area contributed by atoms with Crippen molar-refractivity contribution in [1.82, 2.24) is 4.90 Å². The van der Waals surface area contributed by atoms with Crippen molar-refractivity contribution in [2.75, 3.05) is 6.54 Å². The lowest BCUT2D eigenvalue weighted by Gasteiger charge is -2.37. The Balaban J connectivity index is 1.64. The molecule has 2 unspecified atom stereocenters. The van der Waals surface area contributed by atoms with Crippen LogP contribution in [0, 0.1) is 0 Å². The van der Waals surface area contributed by atoms with Crippen molar-refractivity contribution >= 4 is 6.09 Å². The van der Waals surface area contributed by atoms with E-state index in [-0.39, 0.29) is 13.0 Å². The van der Waals surface area contributed by atoms with Gasteiger partial charge in [0.15, 0.2) is 6.10 Å². The van der Waals surface area contributed by atoms with Crippen LogP contribution in [0.2, 0.25) is 0 Å². The molecule has 118 valence electrons. The van der Waals surface area contributed by atoms with Crippen LogP contribution >= 0.6 is 0 Å². The van der Waals surface area contributed by atoms with E-state index in [1.54, 1.807) is 0 Å². The van der Waals surface area contributed by atoms with Gasteiger partial charge >= 0.3 is 12.3 Å². The average Bonchev–Trinajstić information content (AvgIpc) is 2.87. The summed E-state index contributed by atoms with van der Waals surface area (Å²) in [6.45, 7) is 0.616. The van der Waals surface area contributed by atoms with Crippen molar-refractivity contribution in [2.24, 2.45) is 0 Å². The van der Waals surface area contributed by atoms with Crippen LogP contribution in [0.3, 0.4) is 0 Å². The lowest BCUT2D eigenvalue weighted by atomic mass is 10.1. The van der Waals surface area contributed by atoms with E-state index in [2.05, 4.69) is 0 Å². The van der Waals surface area contributed by atoms with Gasteiger partial charge in [-0.2, -0.15) is 13.2 Å². The van der Waals surface area contributed by atoms with E-state index in [1.165, 1.54) is 11.0 Å². The van der Waals surface area contributed by atoms with Gasteiger partial charge in [0.2, 0.25) is 5.79 Å². The fourth-order valence-electron chi connectivity index (χ4n) is 2.50. The monoisotopic (exact) mass is 313 g/mol. The first-order chi connectivity index (χ1) is 10.4. The number of ether oxygens (including phenoxy) is 2. The first-order valence-electron chi connectivity index (χ1n) is 6.84. The van der Waals surface area contributed by atoms with E-state index in [0.717, 1.165) is 11.6 Å². The quantitative estimate of drug-likeness (QED) is 0.787. The number of hydrogen-bond acceptors (Lipinski definition) is 3. The average molecular weight is 313 g/mol. The Kier molecular flexibility index (Phi) is 3.60. The fourth-order valence-corrected chi connectivity index (χ4v) is 2.50. The third-order valence-corrected chi connectivity index (χ3v) is 3.64. The topological polar surface area (TPSA) is 38.8 Å². The largest absolute Gasteiger partial charge is 0.418 e. The van der Waals surface area contributed by atoms with E-state index >= 15 is 0 Å². The summed E-state index contributed by atoms with van der Waals surface area (Å²) in [5, 5.41) is 0. The number of rotatable bonds is 2. The molecular formula is C15H14F3NO3. The maximum Gasteiger partial charge on any atom is 0.418 e. The Hall–Kier alpha value is -2.02. The minimum Gasteiger partial charge on any atom is -0.413 e. The summed E-state index contributed by atoms with van der Waals surface area (Å²) in [6, 6.07) is 9.29. The lowest BCUT2D eigenvalue weighted by molar-refractivity contribution is -0.271. The maximum atomic E-state index is 12.6. The van der Waals surface area contributed by atoms with Crippen molar-refractivity contribution in [3.8, 4) is 0 Å². The molecule has 1 amide bonds. The minimum absolute atomic E-state index is 0.161. The molecule has 0 bridgehead atoms. The number of benzene rings is 1. The molecule has 0 aliphatic carbocycles. The lowest BCUT2D eigenvalue weighted by Crippen LogP contribution is -2.50. The van der Waals surface area contributed by atoms with Crippen molar-refractivity contribution < 1.29 is 27.4 Å². The molecule has 1 saturated heterocycles. The summed E-state index contributed by atoms with van der Waals surface area (Å²) >= 11 is 0. The molecule has 22 heavy (non-hydrogen) atoms. The molecule has 2 aliphatic heterocycles. The predicted octanol–water partition coefficient (Wildman–Crippen LogP) is 3.24. The van der Waals surface area contributed by atoms with Gasteiger partial charge < -0.3 is 14.4 Å². The SMILES string of the molecule is O=C1OC2(C=CC(C(F)(F)F)O2)CCN1Cc1ccccc1. The van der Waals surface area contributed by atoms with Gasteiger partial charge in [-0.3, -0.25) is 0 Å². The highest BCUT2D eigenvalue weighted by atomic mass is 19.4. The standard InChI is InChI=1S/C15H14F3NO3/c16-15(17,18)12-6-7-14(21-12)8-9-19(13(20)22-14)10-11-4-2-1-3-5-11/h1-7,12H,8-10H2. The Labute approximate surface area is 125 Å². The third-order valence-electron chi connectivity index (χ3n) is 3.64. The van der Waals surface area contributed by atoms with Crippen LogP contribution in [0.4, 0.5) is 18.0 Å². The number of alkyl halides is 3. The molecule has 1 aromatic rings. The number of carbonyl (C=O) groups is 1. The molecule has 2 aliphatic rings. The summed E-state index contributed by atoms with van der Waals surface area (Å²) in [6.07, 6.45) is -4.98. The normalized spacial score (nSPS) is 28.2. The molecule has 0 aromatic heterocycles. The van der Waals surface area contributed by atoms with E-state index in [0.29, 0.717) is 6.54 Å². The Morgan fingerprint density at radius 1 is 1.27 bits per heavy atom. The highest BCUT2D eigenvalue weighted by Crippen LogP contribution is 2.38. The highest BCUT2D eigenvalue weighted by molar-refractivity contribution is 5.69. The van der Waals surface area contributed by atoms with E-state index in [9.17, 15) is 18.0 Å². The number of carbonyl (C=O) groups excluding carboxylic acids is 1. The molecule has 0 radical (unpaired) electrons. The van der Waals surface area contributed by atoms with Crippen molar-refractivity contribution in [1.29, 1.82) is 0 Å².